The average molecular weight is 257 g/mol. The molecule has 0 bridgehead atoms. The van der Waals surface area contributed by atoms with Crippen LogP contribution in [0.5, 0.6) is 0 Å². The molecule has 0 saturated heterocycles. The summed E-state index contributed by atoms with van der Waals surface area (Å²) in [5.74, 6) is 1.57. The number of para-hydroxylation sites is 2. The first-order valence-corrected chi connectivity index (χ1v) is 6.95. The van der Waals surface area contributed by atoms with Crippen LogP contribution < -0.4 is 5.32 Å². The second-order valence-electron chi connectivity index (χ2n) is 5.22. The number of imidazole rings is 1. The first kappa shape index (κ1) is 12.2. The lowest BCUT2D eigenvalue weighted by molar-refractivity contribution is -0.122. The van der Waals surface area contributed by atoms with Crippen molar-refractivity contribution in [2.45, 2.75) is 32.7 Å². The summed E-state index contributed by atoms with van der Waals surface area (Å²) < 4.78 is 2.22. The molecule has 1 aliphatic rings. The van der Waals surface area contributed by atoms with Gasteiger partial charge in [0.05, 0.1) is 11.0 Å². The van der Waals surface area contributed by atoms with Crippen molar-refractivity contribution in [3.63, 3.8) is 0 Å². The van der Waals surface area contributed by atoms with E-state index in [1.807, 2.05) is 25.1 Å². The molecule has 4 nitrogen and oxygen atoms in total. The maximum Gasteiger partial charge on any atom is 0.223 e. The maximum absolute atomic E-state index is 11.5. The van der Waals surface area contributed by atoms with Gasteiger partial charge in [-0.2, -0.15) is 0 Å². The summed E-state index contributed by atoms with van der Waals surface area (Å²) in [7, 11) is 0. The number of nitrogens with zero attached hydrogens (tertiary/aromatic N) is 2. The number of hydrogen-bond acceptors (Lipinski definition) is 2. The smallest absolute Gasteiger partial charge is 0.223 e. The average Bonchev–Trinajstić information content (AvgIpc) is 3.20. The Hall–Kier alpha value is -1.84. The fourth-order valence-electron chi connectivity index (χ4n) is 2.42. The van der Waals surface area contributed by atoms with Crippen LogP contribution in [-0.4, -0.2) is 22.0 Å². The van der Waals surface area contributed by atoms with Gasteiger partial charge in [0, 0.05) is 19.0 Å². The normalized spacial score (nSPS) is 14.8. The van der Waals surface area contributed by atoms with E-state index in [0.717, 1.165) is 43.7 Å². The molecular weight excluding hydrogens is 238 g/mol. The number of aryl methyl sites for hydroxylation is 2. The molecule has 0 aliphatic heterocycles. The van der Waals surface area contributed by atoms with Gasteiger partial charge in [0.25, 0.3) is 0 Å². The van der Waals surface area contributed by atoms with Crippen molar-refractivity contribution in [1.29, 1.82) is 0 Å². The summed E-state index contributed by atoms with van der Waals surface area (Å²) in [6, 6.07) is 8.18. The van der Waals surface area contributed by atoms with E-state index in [4.69, 9.17) is 0 Å². The molecule has 0 radical (unpaired) electrons. The van der Waals surface area contributed by atoms with E-state index in [1.165, 1.54) is 5.52 Å². The van der Waals surface area contributed by atoms with Gasteiger partial charge in [-0.05, 0) is 38.3 Å². The van der Waals surface area contributed by atoms with Crippen molar-refractivity contribution in [2.24, 2.45) is 5.92 Å². The van der Waals surface area contributed by atoms with E-state index in [1.54, 1.807) is 0 Å². The first-order chi connectivity index (χ1) is 9.25. The zero-order valence-electron chi connectivity index (χ0n) is 11.2. The molecule has 1 saturated carbocycles. The van der Waals surface area contributed by atoms with Crippen LogP contribution in [0.15, 0.2) is 24.3 Å². The Balaban J connectivity index is 1.58. The van der Waals surface area contributed by atoms with Gasteiger partial charge in [0.2, 0.25) is 5.91 Å². The Kier molecular flexibility index (Phi) is 3.23. The quantitative estimate of drug-likeness (QED) is 0.835. The number of nitrogens with one attached hydrogen (secondary N) is 1. The van der Waals surface area contributed by atoms with Crippen LogP contribution in [0.4, 0.5) is 0 Å². The molecule has 0 atom stereocenters. The lowest BCUT2D eigenvalue weighted by Gasteiger charge is -2.07. The SMILES string of the molecule is Cc1nc2ccccc2n1CCCNC(=O)C1CC1. The summed E-state index contributed by atoms with van der Waals surface area (Å²) >= 11 is 0. The summed E-state index contributed by atoms with van der Waals surface area (Å²) in [5.41, 5.74) is 2.22. The minimum Gasteiger partial charge on any atom is -0.356 e. The second-order valence-corrected chi connectivity index (χ2v) is 5.22. The van der Waals surface area contributed by atoms with Crippen LogP contribution in [0, 0.1) is 12.8 Å². The van der Waals surface area contributed by atoms with Crippen LogP contribution in [0.2, 0.25) is 0 Å². The molecule has 3 rings (SSSR count). The first-order valence-electron chi connectivity index (χ1n) is 6.95. The minimum atomic E-state index is 0.229. The number of hydrogen-bond donors (Lipinski definition) is 1. The number of aromatic nitrogens is 2. The Labute approximate surface area is 112 Å². The predicted molar refractivity (Wildman–Crippen MR) is 74.8 cm³/mol. The molecule has 2 aromatic rings. The fraction of sp³-hybridized carbons (Fsp3) is 0.467. The van der Waals surface area contributed by atoms with Gasteiger partial charge in [0.1, 0.15) is 5.82 Å². The third-order valence-corrected chi connectivity index (χ3v) is 3.65. The van der Waals surface area contributed by atoms with Crippen LogP contribution in [0.25, 0.3) is 11.0 Å². The number of carbonyl (C=O) groups is 1. The third kappa shape index (κ3) is 2.62. The second kappa shape index (κ2) is 5.03. The molecule has 100 valence electrons. The van der Waals surface area contributed by atoms with Gasteiger partial charge in [0.15, 0.2) is 0 Å². The summed E-state index contributed by atoms with van der Waals surface area (Å²) in [5, 5.41) is 3.00. The highest BCUT2D eigenvalue weighted by Crippen LogP contribution is 2.28. The van der Waals surface area contributed by atoms with Crippen LogP contribution >= 0.6 is 0 Å². The van der Waals surface area contributed by atoms with Gasteiger partial charge >= 0.3 is 0 Å². The molecule has 19 heavy (non-hydrogen) atoms. The largest absolute Gasteiger partial charge is 0.356 e. The van der Waals surface area contributed by atoms with Crippen molar-refractivity contribution in [1.82, 2.24) is 14.9 Å². The molecule has 1 N–H and O–H groups in total. The predicted octanol–water partition coefficient (Wildman–Crippen LogP) is 2.26. The zero-order chi connectivity index (χ0) is 13.2. The molecule has 1 fully saturated rings. The molecular formula is C15H19N3O. The standard InChI is InChI=1S/C15H19N3O/c1-11-17-13-5-2-3-6-14(13)18(11)10-4-9-16-15(19)12-7-8-12/h2-3,5-6,12H,4,7-10H2,1H3,(H,16,19). The molecule has 1 aliphatic carbocycles. The van der Waals surface area contributed by atoms with E-state index < -0.39 is 0 Å². The van der Waals surface area contributed by atoms with Gasteiger partial charge in [-0.15, -0.1) is 0 Å². The molecule has 1 amide bonds. The van der Waals surface area contributed by atoms with E-state index >= 15 is 0 Å². The highest BCUT2D eigenvalue weighted by Gasteiger charge is 2.28. The Morgan fingerprint density at radius 1 is 1.42 bits per heavy atom. The maximum atomic E-state index is 11.5. The molecule has 0 unspecified atom stereocenters. The Bertz CT molecular complexity index is 598. The highest BCUT2D eigenvalue weighted by atomic mass is 16.2. The van der Waals surface area contributed by atoms with E-state index in [2.05, 4.69) is 20.9 Å². The lowest BCUT2D eigenvalue weighted by Crippen LogP contribution is -2.26. The van der Waals surface area contributed by atoms with Gasteiger partial charge in [-0.25, -0.2) is 4.98 Å². The topological polar surface area (TPSA) is 46.9 Å². The molecule has 0 spiro atoms. The number of fused-ring (bicyclic) bond motifs is 1. The van der Waals surface area contributed by atoms with Gasteiger partial charge < -0.3 is 9.88 Å². The summed E-state index contributed by atoms with van der Waals surface area (Å²) in [6.07, 6.45) is 3.08. The minimum absolute atomic E-state index is 0.229. The molecule has 1 heterocycles. The van der Waals surface area contributed by atoms with Crippen LogP contribution in [-0.2, 0) is 11.3 Å². The highest BCUT2D eigenvalue weighted by molar-refractivity contribution is 5.80. The van der Waals surface area contributed by atoms with E-state index in [9.17, 15) is 4.79 Å². The van der Waals surface area contributed by atoms with Gasteiger partial charge in [-0.3, -0.25) is 4.79 Å². The number of carbonyl (C=O) groups excluding carboxylic acids is 1. The molecule has 1 aromatic carbocycles. The van der Waals surface area contributed by atoms with Crippen molar-refractivity contribution in [3.05, 3.63) is 30.1 Å². The Morgan fingerprint density at radius 3 is 3.00 bits per heavy atom. The van der Waals surface area contributed by atoms with Crippen molar-refractivity contribution >= 4 is 16.9 Å². The monoisotopic (exact) mass is 257 g/mol. The van der Waals surface area contributed by atoms with E-state index in [-0.39, 0.29) is 5.91 Å². The zero-order valence-corrected chi connectivity index (χ0v) is 11.2. The fourth-order valence-corrected chi connectivity index (χ4v) is 2.42. The van der Waals surface area contributed by atoms with Crippen LogP contribution in [0.3, 0.4) is 0 Å². The molecule has 4 heteroatoms. The summed E-state index contributed by atoms with van der Waals surface area (Å²) in [4.78, 5) is 16.1. The van der Waals surface area contributed by atoms with Crippen molar-refractivity contribution in [2.75, 3.05) is 6.54 Å². The lowest BCUT2D eigenvalue weighted by atomic mass is 10.3. The Morgan fingerprint density at radius 2 is 2.21 bits per heavy atom. The number of amides is 1. The van der Waals surface area contributed by atoms with Crippen molar-refractivity contribution in [3.8, 4) is 0 Å². The summed E-state index contributed by atoms with van der Waals surface area (Å²) in [6.45, 7) is 3.68. The van der Waals surface area contributed by atoms with E-state index in [0.29, 0.717) is 5.92 Å². The van der Waals surface area contributed by atoms with Gasteiger partial charge in [-0.1, -0.05) is 12.1 Å². The number of rotatable bonds is 5. The van der Waals surface area contributed by atoms with Crippen molar-refractivity contribution < 1.29 is 4.79 Å². The molecule has 1 aromatic heterocycles. The number of benzene rings is 1. The third-order valence-electron chi connectivity index (χ3n) is 3.65. The van der Waals surface area contributed by atoms with Crippen LogP contribution in [0.1, 0.15) is 25.1 Å².